The summed E-state index contributed by atoms with van der Waals surface area (Å²) in [7, 11) is 1.77. The Hall–Kier alpha value is -0.790. The van der Waals surface area contributed by atoms with Crippen LogP contribution < -0.4 is 10.6 Å². The number of hydrogen-bond donors (Lipinski definition) is 2. The summed E-state index contributed by atoms with van der Waals surface area (Å²) in [4.78, 5) is 11.4. The maximum absolute atomic E-state index is 11.4. The lowest BCUT2D eigenvalue weighted by atomic mass is 10.2. The SMILES string of the molecule is CNCC(=O)NCCCc1nnc(SC)n1C1CCCC1.Cl. The van der Waals surface area contributed by atoms with Crippen LogP contribution in [0.3, 0.4) is 0 Å². The van der Waals surface area contributed by atoms with E-state index in [4.69, 9.17) is 0 Å². The minimum Gasteiger partial charge on any atom is -0.355 e. The van der Waals surface area contributed by atoms with E-state index < -0.39 is 0 Å². The fourth-order valence-corrected chi connectivity index (χ4v) is 3.42. The number of aryl methyl sites for hydroxylation is 1. The number of aromatic nitrogens is 3. The number of rotatable bonds is 8. The molecule has 1 aromatic heterocycles. The van der Waals surface area contributed by atoms with Crippen molar-refractivity contribution < 1.29 is 4.79 Å². The zero-order chi connectivity index (χ0) is 15.1. The summed E-state index contributed by atoms with van der Waals surface area (Å²) >= 11 is 1.67. The molecule has 1 aliphatic rings. The van der Waals surface area contributed by atoms with Crippen molar-refractivity contribution in [3.05, 3.63) is 5.82 Å². The van der Waals surface area contributed by atoms with Gasteiger partial charge in [-0.15, -0.1) is 22.6 Å². The van der Waals surface area contributed by atoms with Crippen molar-refractivity contribution in [3.63, 3.8) is 0 Å². The molecule has 0 aromatic carbocycles. The van der Waals surface area contributed by atoms with E-state index in [1.807, 2.05) is 0 Å². The van der Waals surface area contributed by atoms with Gasteiger partial charge in [0.15, 0.2) is 5.16 Å². The van der Waals surface area contributed by atoms with Crippen molar-refractivity contribution in [1.29, 1.82) is 0 Å². The Morgan fingerprint density at radius 2 is 2.09 bits per heavy atom. The highest BCUT2D eigenvalue weighted by Crippen LogP contribution is 2.33. The van der Waals surface area contributed by atoms with E-state index in [9.17, 15) is 4.79 Å². The van der Waals surface area contributed by atoms with E-state index in [0.29, 0.717) is 19.1 Å². The second-order valence-corrected chi connectivity index (χ2v) is 6.17. The van der Waals surface area contributed by atoms with Crippen molar-refractivity contribution in [1.82, 2.24) is 25.4 Å². The molecule has 0 saturated heterocycles. The van der Waals surface area contributed by atoms with Crippen LogP contribution in [0.1, 0.15) is 44.0 Å². The Balaban J connectivity index is 0.00000242. The first-order chi connectivity index (χ1) is 10.3. The number of likely N-dealkylation sites (N-methyl/N-ethyl adjacent to an activating group) is 1. The predicted octanol–water partition coefficient (Wildman–Crippen LogP) is 1.81. The molecule has 22 heavy (non-hydrogen) atoms. The lowest BCUT2D eigenvalue weighted by Gasteiger charge is -2.16. The third-order valence-corrected chi connectivity index (χ3v) is 4.49. The van der Waals surface area contributed by atoms with Gasteiger partial charge in [-0.3, -0.25) is 4.79 Å². The smallest absolute Gasteiger partial charge is 0.233 e. The third kappa shape index (κ3) is 5.14. The maximum atomic E-state index is 11.4. The number of halogens is 1. The highest BCUT2D eigenvalue weighted by atomic mass is 35.5. The van der Waals surface area contributed by atoms with Gasteiger partial charge in [-0.1, -0.05) is 24.6 Å². The second-order valence-electron chi connectivity index (χ2n) is 5.40. The van der Waals surface area contributed by atoms with Gasteiger partial charge in [0, 0.05) is 19.0 Å². The monoisotopic (exact) mass is 347 g/mol. The van der Waals surface area contributed by atoms with Gasteiger partial charge >= 0.3 is 0 Å². The average molecular weight is 348 g/mol. The molecule has 2 rings (SSSR count). The normalized spacial score (nSPS) is 14.8. The van der Waals surface area contributed by atoms with Gasteiger partial charge < -0.3 is 15.2 Å². The minimum absolute atomic E-state index is 0. The van der Waals surface area contributed by atoms with Gasteiger partial charge in [0.25, 0.3) is 0 Å². The van der Waals surface area contributed by atoms with Crippen molar-refractivity contribution >= 4 is 30.1 Å². The van der Waals surface area contributed by atoms with Gasteiger partial charge in [0.1, 0.15) is 5.82 Å². The predicted molar refractivity (Wildman–Crippen MR) is 91.8 cm³/mol. The Morgan fingerprint density at radius 3 is 2.73 bits per heavy atom. The number of amides is 1. The summed E-state index contributed by atoms with van der Waals surface area (Å²) in [5, 5.41) is 15.4. The molecule has 1 aromatic rings. The van der Waals surface area contributed by atoms with Crippen molar-refractivity contribution in [2.24, 2.45) is 0 Å². The average Bonchev–Trinajstić information content (AvgIpc) is 3.12. The summed E-state index contributed by atoms with van der Waals surface area (Å²) < 4.78 is 2.33. The molecule has 1 fully saturated rings. The first-order valence-electron chi connectivity index (χ1n) is 7.65. The molecule has 1 heterocycles. The largest absolute Gasteiger partial charge is 0.355 e. The number of nitrogens with zero attached hydrogens (tertiary/aromatic N) is 3. The number of nitrogens with one attached hydrogen (secondary N) is 2. The van der Waals surface area contributed by atoms with E-state index in [1.165, 1.54) is 25.7 Å². The van der Waals surface area contributed by atoms with Crippen LogP contribution in [-0.2, 0) is 11.2 Å². The fraction of sp³-hybridized carbons (Fsp3) is 0.786. The number of hydrogen-bond acceptors (Lipinski definition) is 5. The zero-order valence-electron chi connectivity index (χ0n) is 13.3. The Kier molecular flexibility index (Phi) is 8.82. The van der Waals surface area contributed by atoms with Crippen molar-refractivity contribution in [3.8, 4) is 0 Å². The van der Waals surface area contributed by atoms with Crippen LogP contribution in [0.2, 0.25) is 0 Å². The molecular formula is C14H26ClN5OS. The lowest BCUT2D eigenvalue weighted by molar-refractivity contribution is -0.120. The molecule has 6 nitrogen and oxygen atoms in total. The molecule has 0 radical (unpaired) electrons. The van der Waals surface area contributed by atoms with E-state index in [0.717, 1.165) is 23.8 Å². The summed E-state index contributed by atoms with van der Waals surface area (Å²) in [6.45, 7) is 1.06. The molecular weight excluding hydrogens is 322 g/mol. The van der Waals surface area contributed by atoms with Gasteiger partial charge in [0.2, 0.25) is 5.91 Å². The standard InChI is InChI=1S/C14H25N5OS.ClH/c1-15-10-13(20)16-9-5-8-12-17-18-14(21-2)19(12)11-6-3-4-7-11;/h11,15H,3-10H2,1-2H3,(H,16,20);1H. The van der Waals surface area contributed by atoms with Crippen LogP contribution in [0.4, 0.5) is 0 Å². The number of carbonyl (C=O) groups is 1. The molecule has 1 saturated carbocycles. The summed E-state index contributed by atoms with van der Waals surface area (Å²) in [6, 6.07) is 0.566. The molecule has 1 aliphatic carbocycles. The molecule has 126 valence electrons. The van der Waals surface area contributed by atoms with Crippen molar-refractivity contribution in [2.45, 2.75) is 49.7 Å². The van der Waals surface area contributed by atoms with Crippen LogP contribution in [0.25, 0.3) is 0 Å². The second kappa shape index (κ2) is 10.1. The maximum Gasteiger partial charge on any atom is 0.233 e. The molecule has 8 heteroatoms. The zero-order valence-corrected chi connectivity index (χ0v) is 14.9. The van der Waals surface area contributed by atoms with Crippen LogP contribution >= 0.6 is 24.2 Å². The first kappa shape index (κ1) is 19.3. The van der Waals surface area contributed by atoms with E-state index in [-0.39, 0.29) is 18.3 Å². The van der Waals surface area contributed by atoms with Gasteiger partial charge in [-0.25, -0.2) is 0 Å². The highest BCUT2D eigenvalue weighted by molar-refractivity contribution is 7.98. The van der Waals surface area contributed by atoms with Crippen molar-refractivity contribution in [2.75, 3.05) is 26.4 Å². The first-order valence-corrected chi connectivity index (χ1v) is 8.87. The van der Waals surface area contributed by atoms with E-state index in [1.54, 1.807) is 18.8 Å². The van der Waals surface area contributed by atoms with Crippen LogP contribution in [-0.4, -0.2) is 47.1 Å². The Labute approximate surface area is 142 Å². The van der Waals surface area contributed by atoms with Gasteiger partial charge in [0.05, 0.1) is 6.54 Å². The molecule has 2 N–H and O–H groups in total. The molecule has 0 bridgehead atoms. The molecule has 1 amide bonds. The van der Waals surface area contributed by atoms with Gasteiger partial charge in [-0.05, 0) is 32.6 Å². The van der Waals surface area contributed by atoms with E-state index >= 15 is 0 Å². The summed E-state index contributed by atoms with van der Waals surface area (Å²) in [5.74, 6) is 1.11. The Bertz CT molecular complexity index is 462. The molecule has 0 unspecified atom stereocenters. The van der Waals surface area contributed by atoms with Crippen LogP contribution in [0.5, 0.6) is 0 Å². The quantitative estimate of drug-likeness (QED) is 0.554. The minimum atomic E-state index is 0. The number of carbonyl (C=O) groups excluding carboxylic acids is 1. The lowest BCUT2D eigenvalue weighted by Crippen LogP contribution is -2.32. The van der Waals surface area contributed by atoms with Crippen LogP contribution in [0.15, 0.2) is 5.16 Å². The Morgan fingerprint density at radius 1 is 1.36 bits per heavy atom. The number of thioether (sulfide) groups is 1. The topological polar surface area (TPSA) is 71.8 Å². The highest BCUT2D eigenvalue weighted by Gasteiger charge is 2.23. The van der Waals surface area contributed by atoms with Crippen LogP contribution in [0, 0.1) is 0 Å². The third-order valence-electron chi connectivity index (χ3n) is 3.84. The summed E-state index contributed by atoms with van der Waals surface area (Å²) in [6.07, 6.45) is 8.89. The summed E-state index contributed by atoms with van der Waals surface area (Å²) in [5.41, 5.74) is 0. The van der Waals surface area contributed by atoms with E-state index in [2.05, 4.69) is 31.7 Å². The molecule has 0 spiro atoms. The molecule has 0 atom stereocenters. The van der Waals surface area contributed by atoms with Gasteiger partial charge in [-0.2, -0.15) is 0 Å². The molecule has 0 aliphatic heterocycles. The fourth-order valence-electron chi connectivity index (χ4n) is 2.84.